The summed E-state index contributed by atoms with van der Waals surface area (Å²) in [6, 6.07) is 9.31. The number of alkyl carbamates (subject to hydrolysis) is 1. The zero-order valence-electron chi connectivity index (χ0n) is 26.0. The molecule has 0 aliphatic carbocycles. The number of alkyl halides is 6. The molecular formula is C31H43F6NO4Si. The van der Waals surface area contributed by atoms with Crippen molar-refractivity contribution in [2.24, 2.45) is 0 Å². The van der Waals surface area contributed by atoms with Gasteiger partial charge in [0.25, 0.3) is 0 Å². The van der Waals surface area contributed by atoms with Crippen molar-refractivity contribution in [2.45, 2.75) is 109 Å². The molecule has 1 N–H and O–H groups in total. The first kappa shape index (κ1) is 36.6. The highest BCUT2D eigenvalue weighted by Crippen LogP contribution is 2.38. The SMILES string of the molecule is CC(C)(C)OC(=O)N[C@H](c1ccccc1)[C@@H](CCCO[Si](C)(C)C(C)(C)C)OCc1cc(C(F)(F)F)cc(C(F)(F)F)c1. The van der Waals surface area contributed by atoms with Gasteiger partial charge in [-0.1, -0.05) is 51.1 Å². The van der Waals surface area contributed by atoms with Crippen LogP contribution in [-0.2, 0) is 32.9 Å². The molecule has 0 aliphatic heterocycles. The largest absolute Gasteiger partial charge is 0.444 e. The van der Waals surface area contributed by atoms with Gasteiger partial charge in [-0.3, -0.25) is 0 Å². The predicted octanol–water partition coefficient (Wildman–Crippen LogP) is 9.68. The summed E-state index contributed by atoms with van der Waals surface area (Å²) < 4.78 is 98.6. The summed E-state index contributed by atoms with van der Waals surface area (Å²) in [5, 5.41) is 2.77. The third-order valence-corrected chi connectivity index (χ3v) is 11.8. The van der Waals surface area contributed by atoms with Gasteiger partial charge in [0.15, 0.2) is 8.32 Å². The smallest absolute Gasteiger partial charge is 0.416 e. The van der Waals surface area contributed by atoms with E-state index in [1.54, 1.807) is 51.1 Å². The Morgan fingerprint density at radius 2 is 1.40 bits per heavy atom. The maximum absolute atomic E-state index is 13.5. The maximum atomic E-state index is 13.5. The Labute approximate surface area is 251 Å². The van der Waals surface area contributed by atoms with E-state index in [9.17, 15) is 31.1 Å². The van der Waals surface area contributed by atoms with E-state index in [2.05, 4.69) is 39.2 Å². The highest BCUT2D eigenvalue weighted by molar-refractivity contribution is 6.74. The molecule has 1 amide bonds. The number of benzene rings is 2. The molecule has 43 heavy (non-hydrogen) atoms. The molecule has 0 fully saturated rings. The van der Waals surface area contributed by atoms with Gasteiger partial charge in [-0.25, -0.2) is 4.79 Å². The van der Waals surface area contributed by atoms with E-state index in [1.807, 2.05) is 0 Å². The summed E-state index contributed by atoms with van der Waals surface area (Å²) in [5.41, 5.74) is -3.33. The van der Waals surface area contributed by atoms with Gasteiger partial charge in [0.2, 0.25) is 0 Å². The van der Waals surface area contributed by atoms with Gasteiger partial charge in [-0.05, 0) is 81.1 Å². The van der Waals surface area contributed by atoms with Crippen LogP contribution >= 0.6 is 0 Å². The molecule has 2 rings (SSSR count). The summed E-state index contributed by atoms with van der Waals surface area (Å²) >= 11 is 0. The maximum Gasteiger partial charge on any atom is 0.416 e. The fourth-order valence-corrected chi connectivity index (χ4v) is 5.05. The average Bonchev–Trinajstić information content (AvgIpc) is 2.84. The third-order valence-electron chi connectivity index (χ3n) is 7.22. The molecule has 0 spiro atoms. The number of nitrogens with one attached hydrogen (secondary N) is 1. The predicted molar refractivity (Wildman–Crippen MR) is 156 cm³/mol. The molecule has 2 atom stereocenters. The second-order valence-electron chi connectivity index (χ2n) is 13.0. The van der Waals surface area contributed by atoms with Crippen molar-refractivity contribution in [3.05, 3.63) is 70.8 Å². The summed E-state index contributed by atoms with van der Waals surface area (Å²) in [4.78, 5) is 12.8. The molecule has 2 aromatic carbocycles. The Morgan fingerprint density at radius 1 is 0.860 bits per heavy atom. The summed E-state index contributed by atoms with van der Waals surface area (Å²) in [7, 11) is -2.08. The number of ether oxygens (including phenoxy) is 2. The number of amides is 1. The van der Waals surface area contributed by atoms with Crippen molar-refractivity contribution in [1.82, 2.24) is 5.32 Å². The van der Waals surface area contributed by atoms with Gasteiger partial charge >= 0.3 is 18.4 Å². The summed E-state index contributed by atoms with van der Waals surface area (Å²) in [5.74, 6) is 0. The second kappa shape index (κ2) is 14.0. The van der Waals surface area contributed by atoms with E-state index in [4.69, 9.17) is 13.9 Å². The lowest BCUT2D eigenvalue weighted by Crippen LogP contribution is -2.42. The standard InChI is InChI=1S/C31H43F6NO4Si/c1-28(2,3)42-27(39)38-26(22-13-10-9-11-14-22)25(15-12-16-41-43(7,8)29(4,5)6)40-20-21-17-23(30(32,33)34)19-24(18-21)31(35,36)37/h9-11,13-14,17-19,25-26H,12,15-16,20H2,1-8H3,(H,38,39)/t25-,26-/m1/s1. The monoisotopic (exact) mass is 635 g/mol. The molecule has 12 heteroatoms. The van der Waals surface area contributed by atoms with Gasteiger partial charge in [-0.2, -0.15) is 26.3 Å². The van der Waals surface area contributed by atoms with E-state index >= 15 is 0 Å². The number of halogens is 6. The third kappa shape index (κ3) is 11.8. The quantitative estimate of drug-likeness (QED) is 0.152. The Kier molecular flexibility index (Phi) is 11.9. The fraction of sp³-hybridized carbons (Fsp3) is 0.581. The van der Waals surface area contributed by atoms with Crippen LogP contribution in [0.1, 0.15) is 82.7 Å². The second-order valence-corrected chi connectivity index (χ2v) is 17.9. The fourth-order valence-electron chi connectivity index (χ4n) is 3.97. The molecule has 0 radical (unpaired) electrons. The zero-order valence-corrected chi connectivity index (χ0v) is 27.0. The lowest BCUT2D eigenvalue weighted by atomic mass is 9.97. The molecule has 0 heterocycles. The Balaban J connectivity index is 2.43. The Morgan fingerprint density at radius 3 is 1.86 bits per heavy atom. The molecule has 242 valence electrons. The van der Waals surface area contributed by atoms with Gasteiger partial charge in [0.05, 0.1) is 29.9 Å². The molecule has 0 saturated carbocycles. The first-order chi connectivity index (χ1) is 19.5. The average molecular weight is 636 g/mol. The van der Waals surface area contributed by atoms with E-state index in [0.717, 1.165) is 0 Å². The number of carbonyl (C=O) groups is 1. The number of rotatable bonds is 11. The van der Waals surface area contributed by atoms with Crippen LogP contribution in [0.5, 0.6) is 0 Å². The molecule has 2 aromatic rings. The topological polar surface area (TPSA) is 56.8 Å². The molecule has 0 bridgehead atoms. The number of carbonyl (C=O) groups excluding carboxylic acids is 1. The van der Waals surface area contributed by atoms with Crippen LogP contribution in [0.15, 0.2) is 48.5 Å². The normalized spacial score (nSPS) is 14.7. The molecular weight excluding hydrogens is 592 g/mol. The van der Waals surface area contributed by atoms with Gasteiger partial charge in [0.1, 0.15) is 5.60 Å². The molecule has 0 saturated heterocycles. The van der Waals surface area contributed by atoms with Crippen LogP contribution in [0.4, 0.5) is 31.1 Å². The first-order valence-electron chi connectivity index (χ1n) is 14.1. The van der Waals surface area contributed by atoms with Crippen LogP contribution in [0, 0.1) is 0 Å². The zero-order chi connectivity index (χ0) is 32.9. The van der Waals surface area contributed by atoms with E-state index in [1.165, 1.54) is 0 Å². The van der Waals surface area contributed by atoms with Crippen molar-refractivity contribution in [3.63, 3.8) is 0 Å². The van der Waals surface area contributed by atoms with Crippen LogP contribution in [0.2, 0.25) is 18.1 Å². The van der Waals surface area contributed by atoms with Gasteiger partial charge in [-0.15, -0.1) is 0 Å². The van der Waals surface area contributed by atoms with Gasteiger partial charge < -0.3 is 19.2 Å². The van der Waals surface area contributed by atoms with Crippen LogP contribution in [0.25, 0.3) is 0 Å². The number of hydrogen-bond donors (Lipinski definition) is 1. The lowest BCUT2D eigenvalue weighted by Gasteiger charge is -2.36. The minimum atomic E-state index is -4.98. The summed E-state index contributed by atoms with van der Waals surface area (Å²) in [6.45, 7) is 15.4. The Hall–Kier alpha value is -2.57. The first-order valence-corrected chi connectivity index (χ1v) is 17.0. The minimum absolute atomic E-state index is 0.0343. The van der Waals surface area contributed by atoms with Crippen molar-refractivity contribution in [3.8, 4) is 0 Å². The van der Waals surface area contributed by atoms with Crippen molar-refractivity contribution in [1.29, 1.82) is 0 Å². The van der Waals surface area contributed by atoms with Gasteiger partial charge in [0, 0.05) is 6.61 Å². The lowest BCUT2D eigenvalue weighted by molar-refractivity contribution is -0.143. The van der Waals surface area contributed by atoms with Crippen LogP contribution in [-0.4, -0.2) is 32.7 Å². The van der Waals surface area contributed by atoms with E-state index in [0.29, 0.717) is 30.7 Å². The van der Waals surface area contributed by atoms with Crippen LogP contribution in [0.3, 0.4) is 0 Å². The summed E-state index contributed by atoms with van der Waals surface area (Å²) in [6.07, 6.45) is -10.8. The van der Waals surface area contributed by atoms with Crippen molar-refractivity contribution in [2.75, 3.05) is 6.61 Å². The molecule has 0 aromatic heterocycles. The minimum Gasteiger partial charge on any atom is -0.444 e. The molecule has 0 unspecified atom stereocenters. The number of hydrogen-bond acceptors (Lipinski definition) is 4. The highest BCUT2D eigenvalue weighted by atomic mass is 28.4. The van der Waals surface area contributed by atoms with E-state index in [-0.39, 0.29) is 23.1 Å². The molecule has 5 nitrogen and oxygen atoms in total. The Bertz CT molecular complexity index is 1160. The van der Waals surface area contributed by atoms with Crippen molar-refractivity contribution >= 4 is 14.4 Å². The molecule has 0 aliphatic rings. The van der Waals surface area contributed by atoms with Crippen LogP contribution < -0.4 is 5.32 Å². The van der Waals surface area contributed by atoms with E-state index < -0.39 is 62.2 Å². The van der Waals surface area contributed by atoms with Crippen molar-refractivity contribution < 1.29 is 45.0 Å². The highest BCUT2D eigenvalue weighted by Gasteiger charge is 2.38.